The molecular formula is C24H24N2O2. The number of para-hydroxylation sites is 1. The molecule has 0 bridgehead atoms. The van der Waals surface area contributed by atoms with Gasteiger partial charge in [0, 0.05) is 29.9 Å². The average Bonchev–Trinajstić information content (AvgIpc) is 2.74. The summed E-state index contributed by atoms with van der Waals surface area (Å²) in [6.07, 6.45) is 1.08. The molecule has 0 saturated carbocycles. The Kier molecular flexibility index (Phi) is 6.58. The molecule has 0 saturated heterocycles. The molecule has 0 atom stereocenters. The molecule has 0 aliphatic heterocycles. The van der Waals surface area contributed by atoms with Gasteiger partial charge in [0.1, 0.15) is 0 Å². The van der Waals surface area contributed by atoms with Crippen molar-refractivity contribution in [2.75, 3.05) is 16.8 Å². The second-order valence-corrected chi connectivity index (χ2v) is 6.50. The lowest BCUT2D eigenvalue weighted by atomic mass is 10.1. The van der Waals surface area contributed by atoms with E-state index in [2.05, 4.69) is 5.32 Å². The zero-order valence-corrected chi connectivity index (χ0v) is 16.0. The number of anilines is 2. The molecule has 0 heterocycles. The van der Waals surface area contributed by atoms with Crippen LogP contribution in [0.5, 0.6) is 0 Å². The Morgan fingerprint density at radius 2 is 1.54 bits per heavy atom. The molecule has 28 heavy (non-hydrogen) atoms. The Hall–Kier alpha value is -3.40. The number of nitrogens with zero attached hydrogens (tertiary/aromatic N) is 1. The normalized spacial score (nSPS) is 10.3. The number of hydrogen-bond donors (Lipinski definition) is 1. The fourth-order valence-electron chi connectivity index (χ4n) is 3.06. The Balaban J connectivity index is 1.66. The van der Waals surface area contributed by atoms with Crippen molar-refractivity contribution in [2.24, 2.45) is 0 Å². The van der Waals surface area contributed by atoms with Crippen LogP contribution in [0.15, 0.2) is 84.9 Å². The SMILES string of the molecule is CCN(C(=O)c1cccc(NC(=O)CCc2ccccc2)c1)c1ccccc1. The molecule has 4 heteroatoms. The maximum atomic E-state index is 12.9. The smallest absolute Gasteiger partial charge is 0.258 e. The van der Waals surface area contributed by atoms with Gasteiger partial charge in [-0.15, -0.1) is 0 Å². The maximum absolute atomic E-state index is 12.9. The summed E-state index contributed by atoms with van der Waals surface area (Å²) < 4.78 is 0. The molecule has 0 radical (unpaired) electrons. The number of hydrogen-bond acceptors (Lipinski definition) is 2. The van der Waals surface area contributed by atoms with E-state index in [9.17, 15) is 9.59 Å². The van der Waals surface area contributed by atoms with E-state index in [1.165, 1.54) is 0 Å². The molecule has 3 rings (SSSR count). The van der Waals surface area contributed by atoms with Crippen LogP contribution in [0.1, 0.15) is 29.3 Å². The first kappa shape index (κ1) is 19.4. The number of carbonyl (C=O) groups excluding carboxylic acids is 2. The first-order valence-corrected chi connectivity index (χ1v) is 9.48. The van der Waals surface area contributed by atoms with Crippen LogP contribution in [-0.4, -0.2) is 18.4 Å². The van der Waals surface area contributed by atoms with Gasteiger partial charge in [-0.3, -0.25) is 9.59 Å². The van der Waals surface area contributed by atoms with Gasteiger partial charge < -0.3 is 10.2 Å². The van der Waals surface area contributed by atoms with Crippen molar-refractivity contribution >= 4 is 23.2 Å². The van der Waals surface area contributed by atoms with Crippen LogP contribution >= 0.6 is 0 Å². The molecule has 0 fully saturated rings. The van der Waals surface area contributed by atoms with E-state index in [1.54, 1.807) is 29.2 Å². The first-order chi connectivity index (χ1) is 13.7. The third-order valence-electron chi connectivity index (χ3n) is 4.51. The number of amides is 2. The minimum atomic E-state index is -0.0888. The van der Waals surface area contributed by atoms with Gasteiger partial charge >= 0.3 is 0 Å². The van der Waals surface area contributed by atoms with E-state index in [-0.39, 0.29) is 11.8 Å². The third-order valence-corrected chi connectivity index (χ3v) is 4.51. The zero-order valence-electron chi connectivity index (χ0n) is 16.0. The minimum Gasteiger partial charge on any atom is -0.326 e. The van der Waals surface area contributed by atoms with E-state index in [0.29, 0.717) is 30.6 Å². The fourth-order valence-corrected chi connectivity index (χ4v) is 3.06. The van der Waals surface area contributed by atoms with Gasteiger partial charge in [0.05, 0.1) is 0 Å². The first-order valence-electron chi connectivity index (χ1n) is 9.48. The molecule has 0 aliphatic carbocycles. The third kappa shape index (κ3) is 5.07. The molecule has 4 nitrogen and oxygen atoms in total. The average molecular weight is 372 g/mol. The van der Waals surface area contributed by atoms with Crippen LogP contribution in [0.3, 0.4) is 0 Å². The van der Waals surface area contributed by atoms with Crippen LogP contribution < -0.4 is 10.2 Å². The van der Waals surface area contributed by atoms with Crippen molar-refractivity contribution in [3.05, 3.63) is 96.1 Å². The predicted octanol–water partition coefficient (Wildman–Crippen LogP) is 4.92. The molecule has 0 unspecified atom stereocenters. The highest BCUT2D eigenvalue weighted by Gasteiger charge is 2.16. The molecule has 1 N–H and O–H groups in total. The summed E-state index contributed by atoms with van der Waals surface area (Å²) in [6.45, 7) is 2.51. The Morgan fingerprint density at radius 3 is 2.21 bits per heavy atom. The number of benzene rings is 3. The van der Waals surface area contributed by atoms with E-state index in [4.69, 9.17) is 0 Å². The summed E-state index contributed by atoms with van der Waals surface area (Å²) in [6, 6.07) is 26.6. The Morgan fingerprint density at radius 1 is 0.857 bits per heavy atom. The van der Waals surface area contributed by atoms with E-state index in [1.807, 2.05) is 67.6 Å². The summed E-state index contributed by atoms with van der Waals surface area (Å²) in [7, 11) is 0. The molecule has 0 aliphatic rings. The van der Waals surface area contributed by atoms with Crippen molar-refractivity contribution < 1.29 is 9.59 Å². The minimum absolute atomic E-state index is 0.0659. The molecule has 142 valence electrons. The van der Waals surface area contributed by atoms with Crippen LogP contribution in [0.25, 0.3) is 0 Å². The van der Waals surface area contributed by atoms with Gasteiger partial charge in [-0.25, -0.2) is 0 Å². The second-order valence-electron chi connectivity index (χ2n) is 6.50. The van der Waals surface area contributed by atoms with Gasteiger partial charge in [0.15, 0.2) is 0 Å². The quantitative estimate of drug-likeness (QED) is 0.640. The number of aryl methyl sites for hydroxylation is 1. The van der Waals surface area contributed by atoms with Gasteiger partial charge in [0.25, 0.3) is 5.91 Å². The van der Waals surface area contributed by atoms with Gasteiger partial charge in [-0.2, -0.15) is 0 Å². The zero-order chi connectivity index (χ0) is 19.8. The van der Waals surface area contributed by atoms with E-state index < -0.39 is 0 Å². The highest BCUT2D eigenvalue weighted by atomic mass is 16.2. The van der Waals surface area contributed by atoms with Crippen LogP contribution in [0.4, 0.5) is 11.4 Å². The molecule has 0 spiro atoms. The lowest BCUT2D eigenvalue weighted by molar-refractivity contribution is -0.116. The molecule has 2 amide bonds. The van der Waals surface area contributed by atoms with Crippen molar-refractivity contribution in [2.45, 2.75) is 19.8 Å². The molecule has 3 aromatic carbocycles. The molecule has 0 aromatic heterocycles. The van der Waals surface area contributed by atoms with E-state index >= 15 is 0 Å². The largest absolute Gasteiger partial charge is 0.326 e. The number of carbonyl (C=O) groups is 2. The standard InChI is InChI=1S/C24H24N2O2/c1-2-26(22-14-7-4-8-15-22)24(28)20-12-9-13-21(18-20)25-23(27)17-16-19-10-5-3-6-11-19/h3-15,18H,2,16-17H2,1H3,(H,25,27). The summed E-state index contributed by atoms with van der Waals surface area (Å²) in [5.74, 6) is -0.155. The highest BCUT2D eigenvalue weighted by Crippen LogP contribution is 2.19. The summed E-state index contributed by atoms with van der Waals surface area (Å²) >= 11 is 0. The summed E-state index contributed by atoms with van der Waals surface area (Å²) in [5.41, 5.74) is 3.16. The Labute approximate surface area is 165 Å². The second kappa shape index (κ2) is 9.51. The maximum Gasteiger partial charge on any atom is 0.258 e. The van der Waals surface area contributed by atoms with Crippen molar-refractivity contribution in [3.8, 4) is 0 Å². The molecular weight excluding hydrogens is 348 g/mol. The lowest BCUT2D eigenvalue weighted by Crippen LogP contribution is -2.30. The highest BCUT2D eigenvalue weighted by molar-refractivity contribution is 6.07. The van der Waals surface area contributed by atoms with Gasteiger partial charge in [0.2, 0.25) is 5.91 Å². The van der Waals surface area contributed by atoms with Crippen molar-refractivity contribution in [1.29, 1.82) is 0 Å². The van der Waals surface area contributed by atoms with Gasteiger partial charge in [-0.1, -0.05) is 54.6 Å². The number of rotatable bonds is 7. The van der Waals surface area contributed by atoms with Crippen LogP contribution in [0.2, 0.25) is 0 Å². The molecule has 3 aromatic rings. The lowest BCUT2D eigenvalue weighted by Gasteiger charge is -2.21. The van der Waals surface area contributed by atoms with Crippen LogP contribution in [0, 0.1) is 0 Å². The van der Waals surface area contributed by atoms with Gasteiger partial charge in [-0.05, 0) is 49.2 Å². The van der Waals surface area contributed by atoms with Crippen molar-refractivity contribution in [3.63, 3.8) is 0 Å². The van der Waals surface area contributed by atoms with Crippen LogP contribution in [-0.2, 0) is 11.2 Å². The fraction of sp³-hybridized carbons (Fsp3) is 0.167. The Bertz CT molecular complexity index is 924. The summed E-state index contributed by atoms with van der Waals surface area (Å²) in [5, 5.41) is 2.89. The van der Waals surface area contributed by atoms with E-state index in [0.717, 1.165) is 11.3 Å². The predicted molar refractivity (Wildman–Crippen MR) is 114 cm³/mol. The topological polar surface area (TPSA) is 49.4 Å². The summed E-state index contributed by atoms with van der Waals surface area (Å²) in [4.78, 5) is 26.9. The van der Waals surface area contributed by atoms with Crippen molar-refractivity contribution in [1.82, 2.24) is 0 Å². The number of nitrogens with one attached hydrogen (secondary N) is 1. The monoisotopic (exact) mass is 372 g/mol.